The number of esters is 1. The van der Waals surface area contributed by atoms with Gasteiger partial charge in [-0.3, -0.25) is 9.20 Å². The number of carbonyl (C=O) groups is 2. The number of hydrogen-bond donors (Lipinski definition) is 1. The third-order valence-electron chi connectivity index (χ3n) is 3.85. The fraction of sp³-hybridized carbons (Fsp3) is 0.211. The number of anilines is 1. The fourth-order valence-electron chi connectivity index (χ4n) is 2.62. The molecule has 1 aromatic carbocycles. The van der Waals surface area contributed by atoms with Crippen LogP contribution < -0.4 is 5.32 Å². The first kappa shape index (κ1) is 19.2. The summed E-state index contributed by atoms with van der Waals surface area (Å²) < 4.78 is 6.64. The molecule has 140 valence electrons. The van der Waals surface area contributed by atoms with Gasteiger partial charge in [-0.1, -0.05) is 30.1 Å². The quantitative estimate of drug-likeness (QED) is 0.620. The van der Waals surface area contributed by atoms with Crippen molar-refractivity contribution in [3.63, 3.8) is 0 Å². The monoisotopic (exact) mass is 405 g/mol. The molecule has 3 aromatic rings. The highest BCUT2D eigenvalue weighted by molar-refractivity contribution is 6.36. The predicted octanol–water partition coefficient (Wildman–Crippen LogP) is 4.77. The van der Waals surface area contributed by atoms with Crippen LogP contribution in [0.4, 0.5) is 5.69 Å². The average Bonchev–Trinajstić information content (AvgIpc) is 2.96. The summed E-state index contributed by atoms with van der Waals surface area (Å²) in [7, 11) is 0. The number of halogens is 2. The Morgan fingerprint density at radius 1 is 1.22 bits per heavy atom. The number of aromatic nitrogens is 2. The summed E-state index contributed by atoms with van der Waals surface area (Å²) in [6, 6.07) is 8.05. The molecule has 1 N–H and O–H groups in total. The van der Waals surface area contributed by atoms with E-state index in [-0.39, 0.29) is 5.91 Å². The summed E-state index contributed by atoms with van der Waals surface area (Å²) in [6.45, 7) is 4.02. The van der Waals surface area contributed by atoms with E-state index in [1.165, 1.54) is 0 Å². The highest BCUT2D eigenvalue weighted by atomic mass is 35.5. The third kappa shape index (κ3) is 4.07. The number of nitrogens with zero attached hydrogens (tertiary/aromatic N) is 2. The van der Waals surface area contributed by atoms with E-state index in [1.54, 1.807) is 47.9 Å². The second kappa shape index (κ2) is 7.98. The summed E-state index contributed by atoms with van der Waals surface area (Å²) in [5, 5.41) is 3.55. The first-order valence-corrected chi connectivity index (χ1v) is 9.08. The molecular weight excluding hydrogens is 389 g/mol. The van der Waals surface area contributed by atoms with Crippen molar-refractivity contribution in [1.29, 1.82) is 0 Å². The van der Waals surface area contributed by atoms with Crippen LogP contribution in [0.15, 0.2) is 36.5 Å². The second-order valence-corrected chi connectivity index (χ2v) is 6.76. The van der Waals surface area contributed by atoms with E-state index in [0.29, 0.717) is 44.9 Å². The number of hydrogen-bond acceptors (Lipinski definition) is 4. The summed E-state index contributed by atoms with van der Waals surface area (Å²) in [5.74, 6) is -0.753. The number of imidazole rings is 1. The lowest BCUT2D eigenvalue weighted by molar-refractivity contribution is 0.0505. The lowest BCUT2D eigenvalue weighted by Crippen LogP contribution is -2.16. The molecule has 2 heterocycles. The number of rotatable bonds is 5. The molecule has 0 spiro atoms. The van der Waals surface area contributed by atoms with Gasteiger partial charge in [0, 0.05) is 11.9 Å². The minimum absolute atomic E-state index is 0.334. The van der Waals surface area contributed by atoms with E-state index in [0.717, 1.165) is 6.42 Å². The Bertz CT molecular complexity index is 1010. The third-order valence-corrected chi connectivity index (χ3v) is 4.33. The Morgan fingerprint density at radius 2 is 1.93 bits per heavy atom. The van der Waals surface area contributed by atoms with Crippen LogP contribution in [0.1, 0.15) is 39.9 Å². The minimum atomic E-state index is -0.392. The van der Waals surface area contributed by atoms with E-state index >= 15 is 0 Å². The summed E-state index contributed by atoms with van der Waals surface area (Å²) in [6.07, 6.45) is 2.34. The van der Waals surface area contributed by atoms with Crippen LogP contribution in [-0.2, 0) is 4.74 Å². The second-order valence-electron chi connectivity index (χ2n) is 5.91. The summed E-state index contributed by atoms with van der Waals surface area (Å²) in [4.78, 5) is 28.9. The van der Waals surface area contributed by atoms with Crippen molar-refractivity contribution in [3.05, 3.63) is 63.5 Å². The molecule has 0 aliphatic rings. The SMILES string of the molecule is CCCOC(=O)c1ccc(NC(=O)c2c(C)nc3c(Cl)cc(Cl)cn23)cc1. The highest BCUT2D eigenvalue weighted by Crippen LogP contribution is 2.25. The number of ether oxygens (including phenoxy) is 1. The molecule has 27 heavy (non-hydrogen) atoms. The Kier molecular flexibility index (Phi) is 5.68. The molecule has 0 aliphatic carbocycles. The first-order chi connectivity index (χ1) is 12.9. The summed E-state index contributed by atoms with van der Waals surface area (Å²) in [5.41, 5.74) is 2.27. The largest absolute Gasteiger partial charge is 0.462 e. The predicted molar refractivity (Wildman–Crippen MR) is 105 cm³/mol. The van der Waals surface area contributed by atoms with Gasteiger partial charge in [0.05, 0.1) is 27.9 Å². The standard InChI is InChI=1S/C19H17Cl2N3O3/c1-3-8-27-19(26)12-4-6-14(7-5-12)23-18(25)16-11(2)22-17-15(21)9-13(20)10-24(16)17/h4-7,9-10H,3,8H2,1-2H3,(H,23,25). The number of fused-ring (bicyclic) bond motifs is 1. The van der Waals surface area contributed by atoms with Gasteiger partial charge in [-0.25, -0.2) is 9.78 Å². The van der Waals surface area contributed by atoms with Crippen molar-refractivity contribution in [3.8, 4) is 0 Å². The van der Waals surface area contributed by atoms with Gasteiger partial charge in [0.25, 0.3) is 5.91 Å². The zero-order valence-corrected chi connectivity index (χ0v) is 16.3. The van der Waals surface area contributed by atoms with Crippen LogP contribution in [0.5, 0.6) is 0 Å². The van der Waals surface area contributed by atoms with Gasteiger partial charge >= 0.3 is 5.97 Å². The van der Waals surface area contributed by atoms with Crippen LogP contribution in [0, 0.1) is 6.92 Å². The van der Waals surface area contributed by atoms with Crippen molar-refractivity contribution in [2.75, 3.05) is 11.9 Å². The molecule has 0 saturated carbocycles. The molecule has 0 radical (unpaired) electrons. The Labute approximate surface area is 166 Å². The number of carbonyl (C=O) groups excluding carboxylic acids is 2. The lowest BCUT2D eigenvalue weighted by atomic mass is 10.2. The maximum Gasteiger partial charge on any atom is 0.338 e. The van der Waals surface area contributed by atoms with E-state index in [1.807, 2.05) is 6.92 Å². The Hall–Kier alpha value is -2.57. The Balaban J connectivity index is 1.83. The van der Waals surface area contributed by atoms with Crippen molar-refractivity contribution in [2.24, 2.45) is 0 Å². The smallest absolute Gasteiger partial charge is 0.338 e. The average molecular weight is 406 g/mol. The zero-order chi connectivity index (χ0) is 19.6. The fourth-order valence-corrected chi connectivity index (χ4v) is 3.13. The van der Waals surface area contributed by atoms with Crippen LogP contribution in [-0.4, -0.2) is 27.9 Å². The van der Waals surface area contributed by atoms with Gasteiger partial charge < -0.3 is 10.1 Å². The first-order valence-electron chi connectivity index (χ1n) is 8.33. The molecule has 8 heteroatoms. The maximum absolute atomic E-state index is 12.7. The van der Waals surface area contributed by atoms with Crippen molar-refractivity contribution in [1.82, 2.24) is 9.38 Å². The van der Waals surface area contributed by atoms with Gasteiger partial charge in [0.2, 0.25) is 0 Å². The van der Waals surface area contributed by atoms with Gasteiger partial charge in [-0.05, 0) is 43.7 Å². The molecule has 0 aliphatic heterocycles. The van der Waals surface area contributed by atoms with Crippen LogP contribution in [0.3, 0.4) is 0 Å². The molecule has 3 rings (SSSR count). The minimum Gasteiger partial charge on any atom is -0.462 e. The van der Waals surface area contributed by atoms with Gasteiger partial charge in [0.15, 0.2) is 5.65 Å². The van der Waals surface area contributed by atoms with E-state index in [2.05, 4.69) is 10.3 Å². The maximum atomic E-state index is 12.7. The van der Waals surface area contributed by atoms with Gasteiger partial charge in [-0.15, -0.1) is 0 Å². The molecule has 0 atom stereocenters. The number of nitrogens with one attached hydrogen (secondary N) is 1. The van der Waals surface area contributed by atoms with Crippen molar-refractivity contribution in [2.45, 2.75) is 20.3 Å². The van der Waals surface area contributed by atoms with E-state index < -0.39 is 5.97 Å². The number of amides is 1. The van der Waals surface area contributed by atoms with E-state index in [4.69, 9.17) is 27.9 Å². The van der Waals surface area contributed by atoms with Gasteiger partial charge in [-0.2, -0.15) is 0 Å². The number of aryl methyl sites for hydroxylation is 1. The molecule has 6 nitrogen and oxygen atoms in total. The van der Waals surface area contributed by atoms with E-state index in [9.17, 15) is 9.59 Å². The van der Waals surface area contributed by atoms with Crippen molar-refractivity contribution < 1.29 is 14.3 Å². The topological polar surface area (TPSA) is 72.7 Å². The Morgan fingerprint density at radius 3 is 2.59 bits per heavy atom. The van der Waals surface area contributed by atoms with Crippen LogP contribution in [0.2, 0.25) is 10.0 Å². The summed E-state index contributed by atoms with van der Waals surface area (Å²) >= 11 is 12.2. The lowest BCUT2D eigenvalue weighted by Gasteiger charge is -2.08. The highest BCUT2D eigenvalue weighted by Gasteiger charge is 2.19. The van der Waals surface area contributed by atoms with Gasteiger partial charge in [0.1, 0.15) is 5.69 Å². The molecule has 0 fully saturated rings. The molecule has 1 amide bonds. The zero-order valence-electron chi connectivity index (χ0n) is 14.8. The normalized spacial score (nSPS) is 10.8. The van der Waals surface area contributed by atoms with Crippen LogP contribution >= 0.6 is 23.2 Å². The molecule has 0 bridgehead atoms. The molecule has 2 aromatic heterocycles. The van der Waals surface area contributed by atoms with Crippen molar-refractivity contribution >= 4 is 46.4 Å². The van der Waals surface area contributed by atoms with Crippen LogP contribution in [0.25, 0.3) is 5.65 Å². The number of pyridine rings is 1. The molecular formula is C19H17Cl2N3O3. The molecule has 0 unspecified atom stereocenters. The number of benzene rings is 1. The molecule has 0 saturated heterocycles.